The second kappa shape index (κ2) is 8.80. The van der Waals surface area contributed by atoms with Gasteiger partial charge in [0.05, 0.1) is 29.1 Å². The maximum absolute atomic E-state index is 14.1. The summed E-state index contributed by atoms with van der Waals surface area (Å²) in [6.45, 7) is 12.4. The summed E-state index contributed by atoms with van der Waals surface area (Å²) in [5.74, 6) is -2.92. The van der Waals surface area contributed by atoms with E-state index in [0.29, 0.717) is 24.0 Å². The molecule has 0 aromatic carbocycles. The van der Waals surface area contributed by atoms with E-state index in [0.717, 1.165) is 0 Å². The number of allylic oxidation sites excluding steroid dienone is 1. The molecule has 9 atom stereocenters. The molecule has 0 bridgehead atoms. The standard InChI is InChI=1S/C30H44O8/c1-15(25(36)37)10-16(31)13-29(6,38)20-12-22(35)30(7)24-17(32)11-19-26(2,3)21(34)8-9-27(19,4)23(24)18(33)14-28(20,30)5/h15-17,19-20,31-32,38H,8-14H2,1-7H3,(H,36,37)/t15-,16-,17-,19-,20-,27-,28+,29-,30-/m0/s1. The molecule has 4 aliphatic rings. The fourth-order valence-electron chi connectivity index (χ4n) is 9.16. The Kier molecular flexibility index (Phi) is 6.74. The number of carboxylic acid groups (broad SMARTS) is 1. The summed E-state index contributed by atoms with van der Waals surface area (Å²) in [5.41, 5.74) is -4.13. The Morgan fingerprint density at radius 1 is 1.11 bits per heavy atom. The van der Waals surface area contributed by atoms with Crippen molar-refractivity contribution in [3.05, 3.63) is 11.1 Å². The van der Waals surface area contributed by atoms with E-state index in [4.69, 9.17) is 0 Å². The van der Waals surface area contributed by atoms with Gasteiger partial charge in [-0.05, 0) is 50.0 Å². The predicted octanol–water partition coefficient (Wildman–Crippen LogP) is 3.25. The average Bonchev–Trinajstić information content (AvgIpc) is 2.99. The molecule has 4 rings (SSSR count). The third-order valence-corrected chi connectivity index (χ3v) is 11.5. The van der Waals surface area contributed by atoms with Gasteiger partial charge in [0, 0.05) is 48.0 Å². The number of ketones is 3. The molecule has 0 aromatic rings. The van der Waals surface area contributed by atoms with Gasteiger partial charge in [-0.3, -0.25) is 19.2 Å². The van der Waals surface area contributed by atoms with Crippen LogP contribution in [0.4, 0.5) is 0 Å². The fraction of sp³-hybridized carbons (Fsp3) is 0.800. The molecule has 0 radical (unpaired) electrons. The van der Waals surface area contributed by atoms with Crippen LogP contribution in [0.25, 0.3) is 0 Å². The van der Waals surface area contributed by atoms with Crippen LogP contribution in [0, 0.1) is 39.4 Å². The maximum atomic E-state index is 14.1. The highest BCUT2D eigenvalue weighted by molar-refractivity contribution is 6.05. The van der Waals surface area contributed by atoms with Crippen LogP contribution in [0.3, 0.4) is 0 Å². The van der Waals surface area contributed by atoms with Crippen molar-refractivity contribution in [2.45, 2.75) is 111 Å². The van der Waals surface area contributed by atoms with Gasteiger partial charge in [-0.25, -0.2) is 0 Å². The Balaban J connectivity index is 1.78. The summed E-state index contributed by atoms with van der Waals surface area (Å²) >= 11 is 0. The van der Waals surface area contributed by atoms with E-state index in [1.54, 1.807) is 13.8 Å². The summed E-state index contributed by atoms with van der Waals surface area (Å²) in [6, 6.07) is 0. The highest BCUT2D eigenvalue weighted by Crippen LogP contribution is 2.70. The summed E-state index contributed by atoms with van der Waals surface area (Å²) in [7, 11) is 0. The average molecular weight is 533 g/mol. The van der Waals surface area contributed by atoms with Gasteiger partial charge >= 0.3 is 5.97 Å². The molecule has 0 unspecified atom stereocenters. The Labute approximate surface area is 224 Å². The minimum atomic E-state index is -1.55. The third kappa shape index (κ3) is 3.80. The first-order valence-corrected chi connectivity index (χ1v) is 13.9. The number of rotatable bonds is 6. The lowest BCUT2D eigenvalue weighted by molar-refractivity contribution is -0.149. The second-order valence-electron chi connectivity index (χ2n) is 14.2. The SMILES string of the molecule is C[C@@H](C[C@H](O)C[C@](C)(O)[C@H]1CC(=O)[C@@]2(C)C3=C(C(=O)C[C@]12C)[C@@]1(C)CCC(=O)C(C)(C)[C@@H]1C[C@@H]3O)C(=O)O. The molecule has 0 aliphatic heterocycles. The Hall–Kier alpha value is -1.90. The highest BCUT2D eigenvalue weighted by Gasteiger charge is 2.71. The molecule has 0 heterocycles. The molecule has 38 heavy (non-hydrogen) atoms. The molecular weight excluding hydrogens is 488 g/mol. The number of hydrogen-bond acceptors (Lipinski definition) is 7. The lowest BCUT2D eigenvalue weighted by Crippen LogP contribution is -2.60. The molecule has 0 saturated heterocycles. The third-order valence-electron chi connectivity index (χ3n) is 11.5. The molecule has 8 heteroatoms. The minimum Gasteiger partial charge on any atom is -0.481 e. The molecule has 0 aromatic heterocycles. The van der Waals surface area contributed by atoms with Gasteiger partial charge in [-0.1, -0.05) is 34.6 Å². The summed E-state index contributed by atoms with van der Waals surface area (Å²) in [5, 5.41) is 43.1. The number of hydrogen-bond donors (Lipinski definition) is 4. The number of aliphatic carboxylic acids is 1. The van der Waals surface area contributed by atoms with Crippen molar-refractivity contribution >= 4 is 23.3 Å². The molecule has 4 N–H and O–H groups in total. The summed E-state index contributed by atoms with van der Waals surface area (Å²) < 4.78 is 0. The van der Waals surface area contributed by atoms with E-state index in [-0.39, 0.29) is 55.4 Å². The van der Waals surface area contributed by atoms with Gasteiger partial charge < -0.3 is 20.4 Å². The van der Waals surface area contributed by atoms with Crippen molar-refractivity contribution < 1.29 is 39.6 Å². The first-order valence-electron chi connectivity index (χ1n) is 13.9. The number of aliphatic hydroxyl groups is 3. The summed E-state index contributed by atoms with van der Waals surface area (Å²) in [4.78, 5) is 52.1. The number of fused-ring (bicyclic) bond motifs is 4. The van der Waals surface area contributed by atoms with Crippen molar-refractivity contribution in [1.82, 2.24) is 0 Å². The number of carbonyl (C=O) groups excluding carboxylic acids is 3. The predicted molar refractivity (Wildman–Crippen MR) is 139 cm³/mol. The first-order chi connectivity index (χ1) is 17.2. The van der Waals surface area contributed by atoms with Crippen LogP contribution in [0.2, 0.25) is 0 Å². The fourth-order valence-corrected chi connectivity index (χ4v) is 9.16. The highest BCUT2D eigenvalue weighted by atomic mass is 16.4. The molecule has 2 saturated carbocycles. The summed E-state index contributed by atoms with van der Waals surface area (Å²) in [6.07, 6.45) is -1.21. The van der Waals surface area contributed by atoms with Gasteiger partial charge in [0.15, 0.2) is 5.78 Å². The molecule has 8 nitrogen and oxygen atoms in total. The lowest BCUT2D eigenvalue weighted by Gasteiger charge is -2.60. The zero-order valence-corrected chi connectivity index (χ0v) is 23.8. The Morgan fingerprint density at radius 3 is 2.29 bits per heavy atom. The lowest BCUT2D eigenvalue weighted by atomic mass is 9.42. The molecule has 212 valence electrons. The van der Waals surface area contributed by atoms with E-state index in [9.17, 15) is 39.6 Å². The smallest absolute Gasteiger partial charge is 0.306 e. The van der Waals surface area contributed by atoms with Crippen molar-refractivity contribution in [1.29, 1.82) is 0 Å². The molecule has 0 spiro atoms. The maximum Gasteiger partial charge on any atom is 0.306 e. The van der Waals surface area contributed by atoms with Crippen LogP contribution < -0.4 is 0 Å². The largest absolute Gasteiger partial charge is 0.481 e. The van der Waals surface area contributed by atoms with Gasteiger partial charge in [0.25, 0.3) is 0 Å². The van der Waals surface area contributed by atoms with Crippen molar-refractivity contribution in [2.75, 3.05) is 0 Å². The zero-order chi connectivity index (χ0) is 28.8. The van der Waals surface area contributed by atoms with E-state index < -0.39 is 57.3 Å². The van der Waals surface area contributed by atoms with E-state index in [1.807, 2.05) is 27.7 Å². The molecular formula is C30H44O8. The van der Waals surface area contributed by atoms with Crippen LogP contribution in [0.1, 0.15) is 93.4 Å². The normalized spacial score (nSPS) is 41.6. The van der Waals surface area contributed by atoms with Crippen LogP contribution >= 0.6 is 0 Å². The Morgan fingerprint density at radius 2 is 1.71 bits per heavy atom. The monoisotopic (exact) mass is 532 g/mol. The minimum absolute atomic E-state index is 0.0118. The first kappa shape index (κ1) is 29.1. The molecule has 2 fully saturated rings. The quantitative estimate of drug-likeness (QED) is 0.407. The number of carboxylic acids is 1. The van der Waals surface area contributed by atoms with Crippen LogP contribution in [0.15, 0.2) is 11.1 Å². The second-order valence-corrected chi connectivity index (χ2v) is 14.2. The van der Waals surface area contributed by atoms with Gasteiger partial charge in [0.1, 0.15) is 11.6 Å². The van der Waals surface area contributed by atoms with E-state index in [1.165, 1.54) is 6.92 Å². The number of aliphatic hydroxyl groups excluding tert-OH is 2. The van der Waals surface area contributed by atoms with Gasteiger partial charge in [-0.15, -0.1) is 0 Å². The van der Waals surface area contributed by atoms with E-state index >= 15 is 0 Å². The molecule has 4 aliphatic carbocycles. The van der Waals surface area contributed by atoms with Gasteiger partial charge in [-0.2, -0.15) is 0 Å². The molecule has 0 amide bonds. The number of carbonyl (C=O) groups is 4. The van der Waals surface area contributed by atoms with Crippen LogP contribution in [-0.4, -0.2) is 61.6 Å². The number of Topliss-reactive ketones (excluding diaryl/α,β-unsaturated/α-hetero) is 3. The Bertz CT molecular complexity index is 1120. The van der Waals surface area contributed by atoms with E-state index in [2.05, 4.69) is 0 Å². The topological polar surface area (TPSA) is 149 Å². The zero-order valence-electron chi connectivity index (χ0n) is 23.8. The van der Waals surface area contributed by atoms with Crippen molar-refractivity contribution in [2.24, 2.45) is 39.4 Å². The van der Waals surface area contributed by atoms with Crippen LogP contribution in [-0.2, 0) is 19.2 Å². The van der Waals surface area contributed by atoms with Crippen molar-refractivity contribution in [3.63, 3.8) is 0 Å². The van der Waals surface area contributed by atoms with Crippen molar-refractivity contribution in [3.8, 4) is 0 Å². The van der Waals surface area contributed by atoms with Gasteiger partial charge in [0.2, 0.25) is 0 Å². The van der Waals surface area contributed by atoms with Crippen LogP contribution in [0.5, 0.6) is 0 Å².